The molecule has 0 aliphatic carbocycles. The van der Waals surface area contributed by atoms with Gasteiger partial charge in [-0.25, -0.2) is 4.68 Å². The molecule has 2 heterocycles. The number of carbonyl (C=O) groups is 1. The summed E-state index contributed by atoms with van der Waals surface area (Å²) < 4.78 is 1.44. The first kappa shape index (κ1) is 20.4. The van der Waals surface area contributed by atoms with Crippen molar-refractivity contribution in [3.63, 3.8) is 0 Å². The van der Waals surface area contributed by atoms with Crippen LogP contribution in [0.25, 0.3) is 10.8 Å². The molecule has 1 N–H and O–H groups in total. The molecule has 1 aliphatic rings. The van der Waals surface area contributed by atoms with Crippen LogP contribution in [0.4, 0.5) is 0 Å². The van der Waals surface area contributed by atoms with Crippen LogP contribution in [-0.4, -0.2) is 45.8 Å². The van der Waals surface area contributed by atoms with E-state index in [-0.39, 0.29) is 41.9 Å². The first-order chi connectivity index (χ1) is 11.9. The fourth-order valence-corrected chi connectivity index (χ4v) is 3.34. The second-order valence-corrected chi connectivity index (χ2v) is 7.26. The number of halogens is 1. The van der Waals surface area contributed by atoms with E-state index in [2.05, 4.69) is 17.3 Å². The predicted octanol–water partition coefficient (Wildman–Crippen LogP) is 2.30. The Morgan fingerprint density at radius 2 is 1.92 bits per heavy atom. The van der Waals surface area contributed by atoms with Gasteiger partial charge in [0.25, 0.3) is 11.5 Å². The maximum Gasteiger partial charge on any atom is 0.275 e. The number of fused-ring (bicyclic) bond motifs is 1. The molecule has 0 spiro atoms. The summed E-state index contributed by atoms with van der Waals surface area (Å²) in [6.07, 6.45) is 0. The van der Waals surface area contributed by atoms with Crippen LogP contribution >= 0.6 is 12.4 Å². The maximum atomic E-state index is 13.2. The van der Waals surface area contributed by atoms with Crippen molar-refractivity contribution in [1.82, 2.24) is 20.0 Å². The fraction of sp³-hybridized carbons (Fsp3) is 0.526. The number of hydrogen-bond acceptors (Lipinski definition) is 4. The summed E-state index contributed by atoms with van der Waals surface area (Å²) in [5.41, 5.74) is 0.236. The van der Waals surface area contributed by atoms with Crippen molar-refractivity contribution < 1.29 is 4.79 Å². The number of amides is 1. The van der Waals surface area contributed by atoms with Crippen molar-refractivity contribution >= 4 is 29.1 Å². The molecule has 1 amide bonds. The zero-order valence-electron chi connectivity index (χ0n) is 15.7. The lowest BCUT2D eigenvalue weighted by Crippen LogP contribution is -2.57. The number of aromatic nitrogens is 2. The third kappa shape index (κ3) is 3.76. The van der Waals surface area contributed by atoms with Crippen LogP contribution in [0.15, 0.2) is 29.1 Å². The molecule has 0 bridgehead atoms. The third-order valence-corrected chi connectivity index (χ3v) is 4.90. The summed E-state index contributed by atoms with van der Waals surface area (Å²) in [7, 11) is 0. The molecule has 1 aliphatic heterocycles. The highest BCUT2D eigenvalue weighted by atomic mass is 35.5. The number of piperazine rings is 1. The topological polar surface area (TPSA) is 67.2 Å². The Kier molecular flexibility index (Phi) is 6.42. The van der Waals surface area contributed by atoms with E-state index in [4.69, 9.17) is 0 Å². The average Bonchev–Trinajstić information content (AvgIpc) is 2.59. The summed E-state index contributed by atoms with van der Waals surface area (Å²) in [5.74, 6) is 0.169. The van der Waals surface area contributed by atoms with Gasteiger partial charge < -0.3 is 10.2 Å². The van der Waals surface area contributed by atoms with Crippen LogP contribution in [0, 0.1) is 5.92 Å². The van der Waals surface area contributed by atoms with Gasteiger partial charge in [-0.2, -0.15) is 5.10 Å². The van der Waals surface area contributed by atoms with Crippen molar-refractivity contribution in [3.8, 4) is 0 Å². The lowest BCUT2D eigenvalue weighted by Gasteiger charge is -2.38. The number of nitrogens with zero attached hydrogens (tertiary/aromatic N) is 3. The summed E-state index contributed by atoms with van der Waals surface area (Å²) in [4.78, 5) is 27.8. The van der Waals surface area contributed by atoms with Gasteiger partial charge in [-0.1, -0.05) is 32.0 Å². The standard InChI is InChI=1S/C19H26N4O2.ClH/c1-12(2)11-23-18(24)16-8-6-5-7-15(16)17(21-23)19(25)22-10-9-20-13(3)14(22)4;/h5-8,12-14,20H,9-11H2,1-4H3;1H. The predicted molar refractivity (Wildman–Crippen MR) is 106 cm³/mol. The molecular weight excluding hydrogens is 352 g/mol. The van der Waals surface area contributed by atoms with Crippen LogP contribution in [-0.2, 0) is 6.54 Å². The molecule has 1 aromatic carbocycles. The maximum absolute atomic E-state index is 13.2. The number of rotatable bonds is 3. The number of carbonyl (C=O) groups excluding carboxylic acids is 1. The van der Waals surface area contributed by atoms with Gasteiger partial charge in [0.2, 0.25) is 0 Å². The second kappa shape index (κ2) is 8.18. The number of hydrogen-bond donors (Lipinski definition) is 1. The van der Waals surface area contributed by atoms with Gasteiger partial charge in [-0.05, 0) is 25.8 Å². The van der Waals surface area contributed by atoms with Gasteiger partial charge in [0.1, 0.15) is 0 Å². The van der Waals surface area contributed by atoms with Crippen molar-refractivity contribution in [2.45, 2.75) is 46.3 Å². The Hall–Kier alpha value is -1.92. The van der Waals surface area contributed by atoms with Crippen LogP contribution in [0.2, 0.25) is 0 Å². The molecule has 0 radical (unpaired) electrons. The summed E-state index contributed by atoms with van der Waals surface area (Å²) in [6.45, 7) is 10.1. The molecule has 0 saturated carbocycles. The van der Waals surface area contributed by atoms with Crippen LogP contribution in [0.3, 0.4) is 0 Å². The van der Waals surface area contributed by atoms with Gasteiger partial charge in [0.05, 0.1) is 5.39 Å². The Morgan fingerprint density at radius 1 is 1.27 bits per heavy atom. The minimum Gasteiger partial charge on any atom is -0.332 e. The van der Waals surface area contributed by atoms with E-state index >= 15 is 0 Å². The van der Waals surface area contributed by atoms with Gasteiger partial charge in [0, 0.05) is 37.1 Å². The Morgan fingerprint density at radius 3 is 2.58 bits per heavy atom. The van der Waals surface area contributed by atoms with Crippen molar-refractivity contribution in [2.24, 2.45) is 5.92 Å². The molecule has 2 atom stereocenters. The lowest BCUT2D eigenvalue weighted by molar-refractivity contribution is 0.0596. The summed E-state index contributed by atoms with van der Waals surface area (Å²) in [5, 5.41) is 9.04. The van der Waals surface area contributed by atoms with Gasteiger partial charge in [-0.15, -0.1) is 12.4 Å². The number of benzene rings is 1. The first-order valence-corrected chi connectivity index (χ1v) is 8.94. The van der Waals surface area contributed by atoms with Crippen LogP contribution < -0.4 is 10.9 Å². The van der Waals surface area contributed by atoms with Gasteiger partial charge in [0.15, 0.2) is 5.69 Å². The molecular formula is C19H27ClN4O2. The van der Waals surface area contributed by atoms with E-state index in [0.717, 1.165) is 6.54 Å². The molecule has 7 heteroatoms. The summed E-state index contributed by atoms with van der Waals surface area (Å²) in [6, 6.07) is 7.56. The van der Waals surface area contributed by atoms with E-state index < -0.39 is 0 Å². The van der Waals surface area contributed by atoms with Crippen molar-refractivity contribution in [3.05, 3.63) is 40.3 Å². The lowest BCUT2D eigenvalue weighted by atomic mass is 10.0. The smallest absolute Gasteiger partial charge is 0.275 e. The third-order valence-electron chi connectivity index (χ3n) is 4.90. The molecule has 3 rings (SSSR count). The van der Waals surface area contributed by atoms with E-state index in [0.29, 0.717) is 29.6 Å². The molecule has 26 heavy (non-hydrogen) atoms. The highest BCUT2D eigenvalue weighted by Gasteiger charge is 2.31. The van der Waals surface area contributed by atoms with Crippen molar-refractivity contribution in [1.29, 1.82) is 0 Å². The molecule has 1 fully saturated rings. The highest BCUT2D eigenvalue weighted by molar-refractivity contribution is 6.04. The molecule has 6 nitrogen and oxygen atoms in total. The molecule has 2 aromatic rings. The Labute approximate surface area is 160 Å². The summed E-state index contributed by atoms with van der Waals surface area (Å²) >= 11 is 0. The fourth-order valence-electron chi connectivity index (χ4n) is 3.34. The van der Waals surface area contributed by atoms with Gasteiger partial charge in [-0.3, -0.25) is 9.59 Å². The molecule has 142 valence electrons. The SMILES string of the molecule is CC(C)Cn1nc(C(=O)N2CCNC(C)C2C)c2ccccc2c1=O.Cl. The van der Waals surface area contributed by atoms with Crippen LogP contribution in [0.5, 0.6) is 0 Å². The highest BCUT2D eigenvalue weighted by Crippen LogP contribution is 2.19. The minimum atomic E-state index is -0.137. The molecule has 1 saturated heterocycles. The molecule has 2 unspecified atom stereocenters. The van der Waals surface area contributed by atoms with Crippen molar-refractivity contribution in [2.75, 3.05) is 13.1 Å². The zero-order valence-corrected chi connectivity index (χ0v) is 16.5. The van der Waals surface area contributed by atoms with E-state index in [1.54, 1.807) is 6.07 Å². The molecule has 1 aromatic heterocycles. The first-order valence-electron chi connectivity index (χ1n) is 8.94. The minimum absolute atomic E-state index is 0. The zero-order chi connectivity index (χ0) is 18.1. The number of nitrogens with one attached hydrogen (secondary N) is 1. The Balaban J connectivity index is 0.00000243. The van der Waals surface area contributed by atoms with E-state index in [1.165, 1.54) is 4.68 Å². The van der Waals surface area contributed by atoms with E-state index in [9.17, 15) is 9.59 Å². The van der Waals surface area contributed by atoms with E-state index in [1.807, 2.05) is 43.9 Å². The quantitative estimate of drug-likeness (QED) is 0.889. The Bertz CT molecular complexity index is 849. The van der Waals surface area contributed by atoms with Gasteiger partial charge >= 0.3 is 0 Å². The largest absolute Gasteiger partial charge is 0.332 e. The normalized spacial score (nSPS) is 20.3. The second-order valence-electron chi connectivity index (χ2n) is 7.26. The van der Waals surface area contributed by atoms with Crippen LogP contribution in [0.1, 0.15) is 38.2 Å². The average molecular weight is 379 g/mol. The monoisotopic (exact) mass is 378 g/mol.